The van der Waals surface area contributed by atoms with Crippen molar-refractivity contribution in [3.63, 3.8) is 0 Å². The Balaban J connectivity index is 4.08. The minimum absolute atomic E-state index is 0.00567. The molecular weight excluding hydrogens is 735 g/mol. The number of hydrogen-bond donors (Lipinski definition) is 1. The summed E-state index contributed by atoms with van der Waals surface area (Å²) in [5, 5.41) is 0. The highest BCUT2D eigenvalue weighted by Crippen LogP contribution is 2.42. The van der Waals surface area contributed by atoms with Gasteiger partial charge in [0.05, 0.1) is 13.0 Å². The molecule has 0 aliphatic rings. The molecule has 0 heterocycles. The van der Waals surface area contributed by atoms with E-state index >= 15 is 0 Å². The highest BCUT2D eigenvalue weighted by molar-refractivity contribution is 7.47. The predicted molar refractivity (Wildman–Crippen MR) is 239 cm³/mol. The van der Waals surface area contributed by atoms with E-state index in [1.54, 1.807) is 6.08 Å². The van der Waals surface area contributed by atoms with Gasteiger partial charge in [0.15, 0.2) is 6.10 Å². The lowest BCUT2D eigenvalue weighted by Gasteiger charge is -2.19. The molecule has 0 aromatic heterocycles. The molecule has 0 aromatic rings. The maximum absolute atomic E-state index is 12.4. The molecule has 0 saturated carbocycles. The van der Waals surface area contributed by atoms with Crippen LogP contribution >= 0.6 is 7.82 Å². The van der Waals surface area contributed by atoms with Gasteiger partial charge in [-0.25, -0.2) is 4.57 Å². The van der Waals surface area contributed by atoms with Crippen LogP contribution in [0.25, 0.3) is 0 Å². The first-order valence-corrected chi connectivity index (χ1v) is 23.1. The van der Waals surface area contributed by atoms with E-state index in [-0.39, 0.29) is 19.4 Å². The average molecular weight is 813 g/mol. The minimum atomic E-state index is -4.30. The molecule has 0 aliphatic carbocycles. The van der Waals surface area contributed by atoms with Crippen LogP contribution in [-0.4, -0.2) is 43.3 Å². The molecule has 8 nitrogen and oxygen atoms in total. The third-order valence-corrected chi connectivity index (χ3v) is 9.48. The summed E-state index contributed by atoms with van der Waals surface area (Å²) in [5.74, 6) is -0.967. The SMILES string of the molecule is CC/C=C\C/C=C\C/C=C\C/C=C\C/C=C\CC(=O)OC(COC(=O)CCCCCCCCCCCC/C=C\C/C=C\C/C=C\C/C=C\CC)COP(=O)(O)OC. The van der Waals surface area contributed by atoms with Crippen molar-refractivity contribution in [1.29, 1.82) is 0 Å². The van der Waals surface area contributed by atoms with Gasteiger partial charge in [-0.2, -0.15) is 0 Å². The van der Waals surface area contributed by atoms with Crippen molar-refractivity contribution in [3.05, 3.63) is 109 Å². The van der Waals surface area contributed by atoms with Gasteiger partial charge in [-0.15, -0.1) is 0 Å². The number of phosphoric acid groups is 1. The lowest BCUT2D eigenvalue weighted by molar-refractivity contribution is -0.160. The van der Waals surface area contributed by atoms with Gasteiger partial charge in [0.2, 0.25) is 0 Å². The monoisotopic (exact) mass is 813 g/mol. The van der Waals surface area contributed by atoms with Crippen molar-refractivity contribution in [2.45, 2.75) is 161 Å². The summed E-state index contributed by atoms with van der Waals surface area (Å²) in [6.45, 7) is 3.56. The number of esters is 2. The van der Waals surface area contributed by atoms with Gasteiger partial charge in [-0.05, 0) is 77.0 Å². The third kappa shape index (κ3) is 42.1. The van der Waals surface area contributed by atoms with E-state index in [9.17, 15) is 19.0 Å². The number of carbonyl (C=O) groups excluding carboxylic acids is 2. The zero-order valence-corrected chi connectivity index (χ0v) is 36.6. The molecule has 0 aliphatic heterocycles. The fourth-order valence-electron chi connectivity index (χ4n) is 5.31. The third-order valence-electron chi connectivity index (χ3n) is 8.55. The first kappa shape index (κ1) is 53.7. The Hall–Kier alpha value is -3.29. The molecule has 0 fully saturated rings. The molecule has 0 aromatic carbocycles. The standard InChI is InChI=1S/C48H77O8P/c1-4-6-8-10-12-14-16-18-20-21-22-23-24-25-26-27-29-30-32-34-36-38-40-42-47(49)54-44-46(45-55-57(51,52)53-3)56-48(50)43-41-39-37-35-33-31-28-19-17-15-13-11-9-7-5-2/h6-9,12-15,18-20,22-23,28,33,35,39,41,46H,4-5,10-11,16-17,21,24-27,29-32,34,36-38,40,42-45H2,1-3H3,(H,51,52)/b8-6-,9-7-,14-12-,15-13-,20-18-,23-22-,28-19-,35-33-,41-39-. The number of ether oxygens (including phenoxy) is 2. The zero-order valence-electron chi connectivity index (χ0n) is 35.7. The van der Waals surface area contributed by atoms with E-state index in [0.717, 1.165) is 90.6 Å². The van der Waals surface area contributed by atoms with E-state index in [1.165, 1.54) is 38.5 Å². The summed E-state index contributed by atoms with van der Waals surface area (Å²) < 4.78 is 31.8. The van der Waals surface area contributed by atoms with Crippen LogP contribution in [-0.2, 0) is 32.7 Å². The van der Waals surface area contributed by atoms with E-state index in [2.05, 4.69) is 110 Å². The quantitative estimate of drug-likeness (QED) is 0.0284. The second-order valence-corrected chi connectivity index (χ2v) is 15.3. The van der Waals surface area contributed by atoms with Gasteiger partial charge < -0.3 is 14.4 Å². The van der Waals surface area contributed by atoms with Crippen molar-refractivity contribution in [3.8, 4) is 0 Å². The van der Waals surface area contributed by atoms with Gasteiger partial charge in [0.25, 0.3) is 0 Å². The zero-order chi connectivity index (χ0) is 41.8. The maximum Gasteiger partial charge on any atom is 0.472 e. The van der Waals surface area contributed by atoms with Crippen LogP contribution in [0, 0.1) is 0 Å². The number of rotatable bonds is 38. The number of hydrogen-bond acceptors (Lipinski definition) is 7. The van der Waals surface area contributed by atoms with Gasteiger partial charge in [-0.1, -0.05) is 175 Å². The predicted octanol–water partition coefficient (Wildman–Crippen LogP) is 13.8. The van der Waals surface area contributed by atoms with Crippen molar-refractivity contribution in [2.75, 3.05) is 20.3 Å². The number of allylic oxidation sites excluding steroid dienone is 17. The minimum Gasteiger partial charge on any atom is -0.462 e. The van der Waals surface area contributed by atoms with Gasteiger partial charge >= 0.3 is 19.8 Å². The van der Waals surface area contributed by atoms with Crippen LogP contribution in [0.1, 0.15) is 155 Å². The molecular formula is C48H77O8P. The topological polar surface area (TPSA) is 108 Å². The molecule has 0 bridgehead atoms. The molecule has 322 valence electrons. The Morgan fingerprint density at radius 1 is 0.509 bits per heavy atom. The second kappa shape index (κ2) is 42.3. The first-order chi connectivity index (χ1) is 27.8. The Kier molecular flexibility index (Phi) is 39.9. The smallest absolute Gasteiger partial charge is 0.462 e. The van der Waals surface area contributed by atoms with E-state index < -0.39 is 32.5 Å². The molecule has 0 amide bonds. The molecule has 2 unspecified atom stereocenters. The highest BCUT2D eigenvalue weighted by atomic mass is 31.2. The first-order valence-electron chi connectivity index (χ1n) is 21.6. The fourth-order valence-corrected chi connectivity index (χ4v) is 5.77. The molecule has 0 spiro atoms. The molecule has 0 radical (unpaired) electrons. The van der Waals surface area contributed by atoms with Crippen LogP contribution in [0.15, 0.2) is 109 Å². The molecule has 1 N–H and O–H groups in total. The van der Waals surface area contributed by atoms with Crippen LogP contribution in [0.4, 0.5) is 0 Å². The van der Waals surface area contributed by atoms with Crippen LogP contribution < -0.4 is 0 Å². The molecule has 9 heteroatoms. The van der Waals surface area contributed by atoms with Crippen molar-refractivity contribution < 1.29 is 37.6 Å². The normalized spacial score (nSPS) is 14.4. The van der Waals surface area contributed by atoms with Crippen molar-refractivity contribution in [1.82, 2.24) is 0 Å². The highest BCUT2D eigenvalue weighted by Gasteiger charge is 2.24. The lowest BCUT2D eigenvalue weighted by atomic mass is 10.1. The summed E-state index contributed by atoms with van der Waals surface area (Å²) in [5.41, 5.74) is 0. The Bertz CT molecular complexity index is 1290. The molecule has 0 saturated heterocycles. The van der Waals surface area contributed by atoms with Gasteiger partial charge in [0.1, 0.15) is 6.61 Å². The van der Waals surface area contributed by atoms with Crippen molar-refractivity contribution >= 4 is 19.8 Å². The van der Waals surface area contributed by atoms with E-state index in [1.807, 2.05) is 12.2 Å². The van der Waals surface area contributed by atoms with Crippen molar-refractivity contribution in [2.24, 2.45) is 0 Å². The summed E-state index contributed by atoms with van der Waals surface area (Å²) in [7, 11) is -3.25. The van der Waals surface area contributed by atoms with Crippen LogP contribution in [0.2, 0.25) is 0 Å². The van der Waals surface area contributed by atoms with E-state index in [4.69, 9.17) is 14.0 Å². The largest absolute Gasteiger partial charge is 0.472 e. The Labute approximate surface area is 347 Å². The number of carbonyl (C=O) groups is 2. The maximum atomic E-state index is 12.4. The number of phosphoric ester groups is 1. The fraction of sp³-hybridized carbons (Fsp3) is 0.583. The summed E-state index contributed by atoms with van der Waals surface area (Å²) >= 11 is 0. The molecule has 2 atom stereocenters. The second-order valence-electron chi connectivity index (χ2n) is 13.7. The van der Waals surface area contributed by atoms with Gasteiger partial charge in [0, 0.05) is 13.5 Å². The van der Waals surface area contributed by atoms with Gasteiger partial charge in [-0.3, -0.25) is 18.6 Å². The Morgan fingerprint density at radius 2 is 0.895 bits per heavy atom. The van der Waals surface area contributed by atoms with Crippen LogP contribution in [0.5, 0.6) is 0 Å². The Morgan fingerprint density at radius 3 is 1.33 bits per heavy atom. The van der Waals surface area contributed by atoms with E-state index in [0.29, 0.717) is 6.42 Å². The average Bonchev–Trinajstić information content (AvgIpc) is 3.20. The summed E-state index contributed by atoms with van der Waals surface area (Å²) in [4.78, 5) is 34.4. The number of unbranched alkanes of at least 4 members (excludes halogenated alkanes) is 10. The van der Waals surface area contributed by atoms with Crippen LogP contribution in [0.3, 0.4) is 0 Å². The molecule has 0 rings (SSSR count). The lowest BCUT2D eigenvalue weighted by Crippen LogP contribution is -2.29. The summed E-state index contributed by atoms with van der Waals surface area (Å²) in [6, 6.07) is 0. The molecule has 57 heavy (non-hydrogen) atoms. The summed E-state index contributed by atoms with van der Waals surface area (Å²) in [6.07, 6.45) is 58.9.